The molecule has 1 N–H and O–H groups in total. The Morgan fingerprint density at radius 3 is 2.19 bits per heavy atom. The van der Waals surface area contributed by atoms with E-state index in [4.69, 9.17) is 23.2 Å². The molecule has 8 heteroatoms. The maximum absolute atomic E-state index is 12.5. The molecular formula is C13H17Cl2N3O2S. The summed E-state index contributed by atoms with van der Waals surface area (Å²) in [6, 6.07) is 4.74. The molecule has 0 saturated carbocycles. The van der Waals surface area contributed by atoms with E-state index in [1.54, 1.807) is 0 Å². The Bertz CT molecular complexity index is 606. The van der Waals surface area contributed by atoms with Gasteiger partial charge in [-0.05, 0) is 18.2 Å². The summed E-state index contributed by atoms with van der Waals surface area (Å²) in [7, 11) is -3.50. The summed E-state index contributed by atoms with van der Waals surface area (Å²) in [5.74, 6) is 0. The second kappa shape index (κ2) is 6.02. The zero-order valence-corrected chi connectivity index (χ0v) is 13.8. The van der Waals surface area contributed by atoms with E-state index in [1.165, 1.54) is 22.5 Å². The van der Waals surface area contributed by atoms with Gasteiger partial charge >= 0.3 is 0 Å². The highest BCUT2D eigenvalue weighted by molar-refractivity contribution is 7.89. The third-order valence-corrected chi connectivity index (χ3v) is 6.22. The normalized spacial score (nSPS) is 22.2. The van der Waals surface area contributed by atoms with Crippen LogP contribution < -0.4 is 5.32 Å². The van der Waals surface area contributed by atoms with E-state index in [0.29, 0.717) is 29.2 Å². The quantitative estimate of drug-likeness (QED) is 0.892. The van der Waals surface area contributed by atoms with Crippen LogP contribution in [0.1, 0.15) is 0 Å². The smallest absolute Gasteiger partial charge is 0.243 e. The monoisotopic (exact) mass is 349 g/mol. The molecule has 3 rings (SSSR count). The molecule has 0 aromatic heterocycles. The number of rotatable bonds is 3. The van der Waals surface area contributed by atoms with Crippen molar-refractivity contribution in [2.24, 2.45) is 0 Å². The van der Waals surface area contributed by atoms with Crippen molar-refractivity contribution in [3.05, 3.63) is 28.2 Å². The Morgan fingerprint density at radius 1 is 1.05 bits per heavy atom. The lowest BCUT2D eigenvalue weighted by Crippen LogP contribution is -2.63. The first-order valence-electron chi connectivity index (χ1n) is 6.88. The number of nitrogens with zero attached hydrogens (tertiary/aromatic N) is 2. The fourth-order valence-electron chi connectivity index (χ4n) is 2.72. The van der Waals surface area contributed by atoms with Gasteiger partial charge in [-0.2, -0.15) is 4.31 Å². The third kappa shape index (κ3) is 3.21. The van der Waals surface area contributed by atoms with Crippen LogP contribution in [-0.4, -0.2) is 62.9 Å². The van der Waals surface area contributed by atoms with Crippen LogP contribution >= 0.6 is 23.2 Å². The second-order valence-corrected chi connectivity index (χ2v) is 8.18. The topological polar surface area (TPSA) is 52.7 Å². The molecule has 0 bridgehead atoms. The molecular weight excluding hydrogens is 333 g/mol. The minimum atomic E-state index is -3.50. The summed E-state index contributed by atoms with van der Waals surface area (Å²) >= 11 is 11.8. The molecule has 1 aromatic rings. The summed E-state index contributed by atoms with van der Waals surface area (Å²) in [6.45, 7) is 4.95. The van der Waals surface area contributed by atoms with E-state index >= 15 is 0 Å². The van der Waals surface area contributed by atoms with Gasteiger partial charge in [0.25, 0.3) is 0 Å². The van der Waals surface area contributed by atoms with Crippen molar-refractivity contribution in [1.82, 2.24) is 14.5 Å². The molecule has 2 aliphatic rings. The van der Waals surface area contributed by atoms with E-state index in [-0.39, 0.29) is 4.90 Å². The van der Waals surface area contributed by atoms with E-state index in [1.807, 2.05) is 0 Å². The maximum Gasteiger partial charge on any atom is 0.243 e. The van der Waals surface area contributed by atoms with Crippen LogP contribution in [-0.2, 0) is 10.0 Å². The van der Waals surface area contributed by atoms with Crippen LogP contribution in [0.4, 0.5) is 0 Å². The summed E-state index contributed by atoms with van der Waals surface area (Å²) in [4.78, 5) is 2.51. The van der Waals surface area contributed by atoms with E-state index in [2.05, 4.69) is 10.2 Å². The third-order valence-electron chi connectivity index (χ3n) is 3.97. The number of halogens is 2. The van der Waals surface area contributed by atoms with Gasteiger partial charge in [0.15, 0.2) is 0 Å². The van der Waals surface area contributed by atoms with Gasteiger partial charge in [-0.25, -0.2) is 8.42 Å². The number of hydrogen-bond acceptors (Lipinski definition) is 4. The van der Waals surface area contributed by atoms with Crippen molar-refractivity contribution < 1.29 is 8.42 Å². The van der Waals surface area contributed by atoms with Gasteiger partial charge in [0.2, 0.25) is 10.0 Å². The Labute approximate surface area is 134 Å². The zero-order chi connectivity index (χ0) is 15.0. The van der Waals surface area contributed by atoms with Gasteiger partial charge in [0, 0.05) is 55.4 Å². The molecule has 116 valence electrons. The molecule has 1 aromatic carbocycles. The van der Waals surface area contributed by atoms with Crippen molar-refractivity contribution in [3.8, 4) is 0 Å². The fraction of sp³-hybridized carbons (Fsp3) is 0.538. The van der Waals surface area contributed by atoms with Crippen molar-refractivity contribution in [2.75, 3.05) is 39.3 Å². The van der Waals surface area contributed by atoms with Gasteiger partial charge < -0.3 is 5.32 Å². The number of sulfonamides is 1. The van der Waals surface area contributed by atoms with Crippen LogP contribution in [0.5, 0.6) is 0 Å². The molecule has 0 unspecified atom stereocenters. The zero-order valence-electron chi connectivity index (χ0n) is 11.4. The molecule has 0 radical (unpaired) electrons. The lowest BCUT2D eigenvalue weighted by molar-refractivity contribution is 0.0773. The Hall–Kier alpha value is -0.370. The molecule has 2 saturated heterocycles. The van der Waals surface area contributed by atoms with Gasteiger partial charge in [0.1, 0.15) is 0 Å². The predicted octanol–water partition coefficient (Wildman–Crippen LogP) is 1.27. The van der Waals surface area contributed by atoms with Gasteiger partial charge in [0.05, 0.1) is 4.90 Å². The summed E-state index contributed by atoms with van der Waals surface area (Å²) in [6.07, 6.45) is 0. The molecule has 0 amide bonds. The van der Waals surface area contributed by atoms with Gasteiger partial charge in [-0.1, -0.05) is 23.2 Å². The van der Waals surface area contributed by atoms with Crippen LogP contribution in [0, 0.1) is 0 Å². The summed E-state index contributed by atoms with van der Waals surface area (Å²) in [5.41, 5.74) is 0. The Kier molecular flexibility index (Phi) is 4.45. The lowest BCUT2D eigenvalue weighted by atomic mass is 10.1. The van der Waals surface area contributed by atoms with E-state index in [9.17, 15) is 8.42 Å². The standard InChI is InChI=1S/C13H17Cl2N3O2S/c14-10-5-11(15)7-13(6-10)21(19,20)18-8-12(9-18)17-3-1-16-2-4-17/h5-7,12,16H,1-4,8-9H2. The minimum Gasteiger partial charge on any atom is -0.314 e. The molecule has 0 aliphatic carbocycles. The fourth-order valence-corrected chi connectivity index (χ4v) is 4.96. The van der Waals surface area contributed by atoms with E-state index < -0.39 is 10.0 Å². The maximum atomic E-state index is 12.5. The van der Waals surface area contributed by atoms with Gasteiger partial charge in [-0.15, -0.1) is 0 Å². The average Bonchev–Trinajstić information content (AvgIpc) is 2.36. The minimum absolute atomic E-state index is 0.166. The number of piperazine rings is 1. The van der Waals surface area contributed by atoms with Crippen LogP contribution in [0.25, 0.3) is 0 Å². The number of benzene rings is 1. The molecule has 0 atom stereocenters. The first-order chi connectivity index (χ1) is 9.96. The molecule has 21 heavy (non-hydrogen) atoms. The Balaban J connectivity index is 1.70. The first kappa shape index (κ1) is 15.5. The van der Waals surface area contributed by atoms with Crippen LogP contribution in [0.3, 0.4) is 0 Å². The molecule has 2 fully saturated rings. The molecule has 2 aliphatic heterocycles. The number of nitrogens with one attached hydrogen (secondary N) is 1. The predicted molar refractivity (Wildman–Crippen MR) is 83.5 cm³/mol. The highest BCUT2D eigenvalue weighted by atomic mass is 35.5. The van der Waals surface area contributed by atoms with Crippen molar-refractivity contribution in [1.29, 1.82) is 0 Å². The molecule has 0 spiro atoms. The van der Waals surface area contributed by atoms with Crippen molar-refractivity contribution in [3.63, 3.8) is 0 Å². The number of hydrogen-bond donors (Lipinski definition) is 1. The first-order valence-corrected chi connectivity index (χ1v) is 9.07. The Morgan fingerprint density at radius 2 is 1.62 bits per heavy atom. The molecule has 2 heterocycles. The second-order valence-electron chi connectivity index (χ2n) is 5.37. The highest BCUT2D eigenvalue weighted by Crippen LogP contribution is 2.28. The van der Waals surface area contributed by atoms with Gasteiger partial charge in [-0.3, -0.25) is 4.90 Å². The largest absolute Gasteiger partial charge is 0.314 e. The van der Waals surface area contributed by atoms with Crippen molar-refractivity contribution in [2.45, 2.75) is 10.9 Å². The average molecular weight is 350 g/mol. The summed E-state index contributed by atoms with van der Waals surface area (Å²) in [5, 5.41) is 3.96. The molecule has 5 nitrogen and oxygen atoms in total. The van der Waals surface area contributed by atoms with Crippen LogP contribution in [0.2, 0.25) is 10.0 Å². The van der Waals surface area contributed by atoms with Crippen molar-refractivity contribution >= 4 is 33.2 Å². The highest BCUT2D eigenvalue weighted by Gasteiger charge is 2.39. The van der Waals surface area contributed by atoms with Crippen LogP contribution in [0.15, 0.2) is 23.1 Å². The van der Waals surface area contributed by atoms with E-state index in [0.717, 1.165) is 26.2 Å². The lowest BCUT2D eigenvalue weighted by Gasteiger charge is -2.45. The SMILES string of the molecule is O=S(=O)(c1cc(Cl)cc(Cl)c1)N1CC(N2CCNCC2)C1. The summed E-state index contributed by atoms with van der Waals surface area (Å²) < 4.78 is 26.5.